The van der Waals surface area contributed by atoms with Crippen molar-refractivity contribution in [2.75, 3.05) is 13.7 Å². The number of halogens is 2. The van der Waals surface area contributed by atoms with E-state index < -0.39 is 5.97 Å². The molecule has 1 aliphatic rings. The zero-order valence-electron chi connectivity index (χ0n) is 17.2. The molecule has 32 heavy (non-hydrogen) atoms. The van der Waals surface area contributed by atoms with E-state index in [0.717, 1.165) is 12.0 Å². The maximum Gasteiger partial charge on any atom is 0.363 e. The van der Waals surface area contributed by atoms with Gasteiger partial charge < -0.3 is 14.2 Å². The fraction of sp³-hybridized carbons (Fsp3) is 0.120. The lowest BCUT2D eigenvalue weighted by atomic mass is 10.1. The summed E-state index contributed by atoms with van der Waals surface area (Å²) >= 11 is 6.43. The molecule has 0 atom stereocenters. The first-order valence-electron chi connectivity index (χ1n) is 9.86. The number of hydrogen-bond donors (Lipinski definition) is 0. The lowest BCUT2D eigenvalue weighted by molar-refractivity contribution is -0.129. The molecule has 7 heteroatoms. The van der Waals surface area contributed by atoms with Crippen LogP contribution in [0.3, 0.4) is 0 Å². The van der Waals surface area contributed by atoms with E-state index in [1.54, 1.807) is 18.2 Å². The maximum atomic E-state index is 13.1. The minimum absolute atomic E-state index is 0.0974. The summed E-state index contributed by atoms with van der Waals surface area (Å²) in [6, 6.07) is 18.9. The SMILES string of the molecule is COc1cc(/C=C2\N=C(c3ccc(F)cc3)OC2=O)cc(Cl)c1OCCc1ccccc1. The van der Waals surface area contributed by atoms with Crippen molar-refractivity contribution in [2.45, 2.75) is 6.42 Å². The molecule has 1 heterocycles. The summed E-state index contributed by atoms with van der Waals surface area (Å²) in [5, 5.41) is 0.346. The van der Waals surface area contributed by atoms with E-state index in [1.807, 2.05) is 30.3 Å². The van der Waals surface area contributed by atoms with Crippen molar-refractivity contribution in [3.8, 4) is 11.5 Å². The van der Waals surface area contributed by atoms with Crippen LogP contribution in [0.1, 0.15) is 16.7 Å². The smallest absolute Gasteiger partial charge is 0.363 e. The Morgan fingerprint density at radius 3 is 2.56 bits per heavy atom. The van der Waals surface area contributed by atoms with Crippen LogP contribution in [0.15, 0.2) is 77.4 Å². The minimum atomic E-state index is -0.609. The highest BCUT2D eigenvalue weighted by Crippen LogP contribution is 2.37. The fourth-order valence-corrected chi connectivity index (χ4v) is 3.44. The minimum Gasteiger partial charge on any atom is -0.493 e. The third-order valence-electron chi connectivity index (χ3n) is 4.75. The van der Waals surface area contributed by atoms with Gasteiger partial charge in [-0.15, -0.1) is 0 Å². The number of hydrogen-bond acceptors (Lipinski definition) is 5. The van der Waals surface area contributed by atoms with E-state index in [2.05, 4.69) is 4.99 Å². The number of cyclic esters (lactones) is 1. The summed E-state index contributed by atoms with van der Waals surface area (Å²) < 4.78 is 29.6. The molecule has 0 amide bonds. The molecule has 3 aromatic carbocycles. The van der Waals surface area contributed by atoms with Gasteiger partial charge in [-0.05, 0) is 53.6 Å². The van der Waals surface area contributed by atoms with Crippen molar-refractivity contribution >= 4 is 29.5 Å². The number of carbonyl (C=O) groups excluding carboxylic acids is 1. The highest BCUT2D eigenvalue weighted by molar-refractivity contribution is 6.32. The molecule has 3 aromatic rings. The third kappa shape index (κ3) is 4.98. The van der Waals surface area contributed by atoms with Crippen molar-refractivity contribution in [3.05, 3.63) is 100.0 Å². The Morgan fingerprint density at radius 1 is 1.09 bits per heavy atom. The Labute approximate surface area is 189 Å². The molecule has 0 unspecified atom stereocenters. The number of benzene rings is 3. The molecular weight excluding hydrogens is 433 g/mol. The number of ether oxygens (including phenoxy) is 3. The second-order valence-corrected chi connectivity index (χ2v) is 7.37. The second-order valence-electron chi connectivity index (χ2n) is 6.96. The Hall–Kier alpha value is -3.64. The first-order chi connectivity index (χ1) is 15.5. The Kier molecular flexibility index (Phi) is 6.52. The third-order valence-corrected chi connectivity index (χ3v) is 5.03. The molecule has 0 saturated heterocycles. The largest absolute Gasteiger partial charge is 0.493 e. The predicted molar refractivity (Wildman–Crippen MR) is 121 cm³/mol. The lowest BCUT2D eigenvalue weighted by Crippen LogP contribution is -2.05. The Balaban J connectivity index is 1.53. The molecule has 0 radical (unpaired) electrons. The first-order valence-corrected chi connectivity index (χ1v) is 10.2. The summed E-state index contributed by atoms with van der Waals surface area (Å²) in [4.78, 5) is 16.5. The summed E-state index contributed by atoms with van der Waals surface area (Å²) in [5.74, 6) is -0.0201. The molecule has 162 valence electrons. The monoisotopic (exact) mass is 451 g/mol. The van der Waals surface area contributed by atoms with Gasteiger partial charge in [-0.3, -0.25) is 0 Å². The Bertz CT molecular complexity index is 1190. The standard InChI is InChI=1S/C25H19ClFNO4/c1-30-22-15-17(13-20(26)23(22)31-12-11-16-5-3-2-4-6-16)14-21-25(29)32-24(28-21)18-7-9-19(27)10-8-18/h2-10,13-15H,11-12H2,1H3/b21-14-. The van der Waals surface area contributed by atoms with Crippen molar-refractivity contribution in [2.24, 2.45) is 4.99 Å². The van der Waals surface area contributed by atoms with Gasteiger partial charge >= 0.3 is 5.97 Å². The van der Waals surface area contributed by atoms with Gasteiger partial charge in [0.25, 0.3) is 0 Å². The molecule has 0 bridgehead atoms. The molecule has 0 fully saturated rings. The summed E-state index contributed by atoms with van der Waals surface area (Å²) in [6.07, 6.45) is 2.26. The normalized spacial score (nSPS) is 14.3. The number of aliphatic imine (C=N–C) groups is 1. The average molecular weight is 452 g/mol. The summed E-state index contributed by atoms with van der Waals surface area (Å²) in [6.45, 7) is 0.429. The number of esters is 1. The van der Waals surface area contributed by atoms with Gasteiger partial charge in [0.15, 0.2) is 17.2 Å². The van der Waals surface area contributed by atoms with Gasteiger partial charge in [0.1, 0.15) is 5.82 Å². The molecule has 0 aliphatic carbocycles. The topological polar surface area (TPSA) is 57.1 Å². The van der Waals surface area contributed by atoms with Crippen LogP contribution < -0.4 is 9.47 Å². The Morgan fingerprint density at radius 2 is 1.84 bits per heavy atom. The van der Waals surface area contributed by atoms with Crippen LogP contribution in [0.4, 0.5) is 4.39 Å². The number of nitrogens with zero attached hydrogens (tertiary/aromatic N) is 1. The molecule has 0 aromatic heterocycles. The van der Waals surface area contributed by atoms with E-state index in [9.17, 15) is 9.18 Å². The highest BCUT2D eigenvalue weighted by Gasteiger charge is 2.24. The summed E-state index contributed by atoms with van der Waals surface area (Å²) in [5.41, 5.74) is 2.35. The molecule has 0 spiro atoms. The predicted octanol–water partition coefficient (Wildman–Crippen LogP) is 5.45. The van der Waals surface area contributed by atoms with Crippen LogP contribution in [-0.2, 0) is 16.0 Å². The van der Waals surface area contributed by atoms with Crippen molar-refractivity contribution in [3.63, 3.8) is 0 Å². The van der Waals surface area contributed by atoms with Crippen LogP contribution in [-0.4, -0.2) is 25.6 Å². The van der Waals surface area contributed by atoms with Gasteiger partial charge in [-0.25, -0.2) is 14.2 Å². The van der Waals surface area contributed by atoms with Crippen molar-refractivity contribution in [1.29, 1.82) is 0 Å². The lowest BCUT2D eigenvalue weighted by Gasteiger charge is -2.13. The molecule has 1 aliphatic heterocycles. The van der Waals surface area contributed by atoms with Crippen LogP contribution >= 0.6 is 11.6 Å². The van der Waals surface area contributed by atoms with E-state index >= 15 is 0 Å². The van der Waals surface area contributed by atoms with Crippen molar-refractivity contribution in [1.82, 2.24) is 0 Å². The van der Waals surface area contributed by atoms with E-state index in [4.69, 9.17) is 25.8 Å². The number of carbonyl (C=O) groups is 1. The van der Waals surface area contributed by atoms with Crippen molar-refractivity contribution < 1.29 is 23.4 Å². The quantitative estimate of drug-likeness (QED) is 0.354. The average Bonchev–Trinajstić information content (AvgIpc) is 3.16. The first kappa shape index (κ1) is 21.6. The van der Waals surface area contributed by atoms with Gasteiger partial charge in [-0.1, -0.05) is 41.9 Å². The summed E-state index contributed by atoms with van der Waals surface area (Å²) in [7, 11) is 1.52. The molecule has 0 N–H and O–H groups in total. The zero-order valence-corrected chi connectivity index (χ0v) is 17.9. The molecule has 0 saturated carbocycles. The van der Waals surface area contributed by atoms with Crippen LogP contribution in [0.25, 0.3) is 6.08 Å². The van der Waals surface area contributed by atoms with E-state index in [1.165, 1.54) is 31.4 Å². The fourth-order valence-electron chi connectivity index (χ4n) is 3.16. The highest BCUT2D eigenvalue weighted by atomic mass is 35.5. The van der Waals surface area contributed by atoms with Gasteiger partial charge in [-0.2, -0.15) is 0 Å². The maximum absolute atomic E-state index is 13.1. The molecule has 4 rings (SSSR count). The number of rotatable bonds is 7. The van der Waals surface area contributed by atoms with E-state index in [0.29, 0.717) is 34.3 Å². The molecule has 5 nitrogen and oxygen atoms in total. The van der Waals surface area contributed by atoms with E-state index in [-0.39, 0.29) is 17.4 Å². The zero-order chi connectivity index (χ0) is 22.5. The van der Waals surface area contributed by atoms with Crippen LogP contribution in [0.5, 0.6) is 11.5 Å². The number of methoxy groups -OCH3 is 1. The van der Waals surface area contributed by atoms with Gasteiger partial charge in [0, 0.05) is 12.0 Å². The van der Waals surface area contributed by atoms with Crippen LogP contribution in [0.2, 0.25) is 5.02 Å². The second kappa shape index (κ2) is 9.66. The van der Waals surface area contributed by atoms with Gasteiger partial charge in [0.05, 0.1) is 18.7 Å². The van der Waals surface area contributed by atoms with Crippen LogP contribution in [0, 0.1) is 5.82 Å². The van der Waals surface area contributed by atoms with Gasteiger partial charge in [0.2, 0.25) is 5.90 Å². The molecular formula is C25H19ClFNO4.